The van der Waals surface area contributed by atoms with Crippen molar-refractivity contribution >= 4 is 11.7 Å². The van der Waals surface area contributed by atoms with Gasteiger partial charge in [0.2, 0.25) is 0 Å². The van der Waals surface area contributed by atoms with Crippen molar-refractivity contribution < 1.29 is 18.7 Å². The zero-order chi connectivity index (χ0) is 12.0. The maximum absolute atomic E-state index is 13.2. The molecule has 5 heteroatoms. The number of nitrogen functional groups attached to an aromatic ring is 1. The average Bonchev–Trinajstić information content (AvgIpc) is 2.27. The van der Waals surface area contributed by atoms with E-state index in [1.54, 1.807) is 0 Å². The molecule has 0 saturated heterocycles. The van der Waals surface area contributed by atoms with Crippen LogP contribution in [0.15, 0.2) is 18.2 Å². The van der Waals surface area contributed by atoms with Crippen molar-refractivity contribution in [3.63, 3.8) is 0 Å². The Hall–Kier alpha value is -1.62. The van der Waals surface area contributed by atoms with Gasteiger partial charge in [-0.1, -0.05) is 0 Å². The van der Waals surface area contributed by atoms with E-state index in [9.17, 15) is 9.18 Å². The van der Waals surface area contributed by atoms with Crippen molar-refractivity contribution in [2.24, 2.45) is 0 Å². The van der Waals surface area contributed by atoms with Crippen LogP contribution in [-0.4, -0.2) is 25.8 Å². The number of ether oxygens (including phenoxy) is 2. The van der Waals surface area contributed by atoms with E-state index in [2.05, 4.69) is 0 Å². The van der Waals surface area contributed by atoms with Gasteiger partial charge in [-0.05, 0) is 25.1 Å². The molecular weight excluding hydrogens is 213 g/mol. The summed E-state index contributed by atoms with van der Waals surface area (Å²) >= 11 is 0. The Morgan fingerprint density at radius 1 is 1.44 bits per heavy atom. The van der Waals surface area contributed by atoms with E-state index in [0.717, 1.165) is 6.07 Å². The predicted octanol–water partition coefficient (Wildman–Crippen LogP) is 1.60. The number of nitrogens with two attached hydrogens (primary N) is 1. The molecule has 0 saturated carbocycles. The molecule has 0 amide bonds. The third-order valence-electron chi connectivity index (χ3n) is 1.88. The van der Waals surface area contributed by atoms with Gasteiger partial charge in [-0.3, -0.25) is 0 Å². The Bertz CT molecular complexity index is 368. The van der Waals surface area contributed by atoms with Gasteiger partial charge in [0.05, 0.1) is 12.2 Å². The number of carbonyl (C=O) groups excluding carboxylic acids is 1. The minimum atomic E-state index is -0.732. The van der Waals surface area contributed by atoms with Crippen LogP contribution in [0.3, 0.4) is 0 Å². The molecule has 0 fully saturated rings. The molecule has 0 spiro atoms. The summed E-state index contributed by atoms with van der Waals surface area (Å²) in [6.07, 6.45) is 0. The number of carbonyl (C=O) groups is 1. The van der Waals surface area contributed by atoms with Gasteiger partial charge in [-0.2, -0.15) is 0 Å². The second kappa shape index (κ2) is 6.07. The Morgan fingerprint density at radius 2 is 2.19 bits per heavy atom. The number of esters is 1. The summed E-state index contributed by atoms with van der Waals surface area (Å²) in [5, 5.41) is 0. The smallest absolute Gasteiger partial charge is 0.341 e. The number of anilines is 1. The molecule has 4 nitrogen and oxygen atoms in total. The standard InChI is InChI=1S/C11H14FNO3/c1-2-15-5-6-16-11(14)9-7-8(13)3-4-10(9)12/h3-4,7H,2,5-6,13H2,1H3. The molecule has 0 radical (unpaired) electrons. The lowest BCUT2D eigenvalue weighted by molar-refractivity contribution is 0.0331. The van der Waals surface area contributed by atoms with Crippen molar-refractivity contribution in [2.45, 2.75) is 6.92 Å². The molecule has 0 unspecified atom stereocenters. The molecular formula is C11H14FNO3. The first-order valence-electron chi connectivity index (χ1n) is 4.95. The van der Waals surface area contributed by atoms with Crippen LogP contribution in [0.1, 0.15) is 17.3 Å². The normalized spacial score (nSPS) is 10.1. The molecule has 2 N–H and O–H groups in total. The monoisotopic (exact) mass is 227 g/mol. The Balaban J connectivity index is 2.55. The summed E-state index contributed by atoms with van der Waals surface area (Å²) in [5.41, 5.74) is 5.60. The minimum absolute atomic E-state index is 0.0981. The summed E-state index contributed by atoms with van der Waals surface area (Å²) < 4.78 is 23.0. The van der Waals surface area contributed by atoms with Gasteiger partial charge in [-0.25, -0.2) is 9.18 Å². The molecule has 0 bridgehead atoms. The molecule has 0 aliphatic heterocycles. The van der Waals surface area contributed by atoms with Gasteiger partial charge in [0.25, 0.3) is 0 Å². The molecule has 0 aromatic heterocycles. The van der Waals surface area contributed by atoms with Crippen LogP contribution in [0.2, 0.25) is 0 Å². The Labute approximate surface area is 93.2 Å². The highest BCUT2D eigenvalue weighted by atomic mass is 19.1. The van der Waals surface area contributed by atoms with E-state index in [0.29, 0.717) is 18.9 Å². The van der Waals surface area contributed by atoms with Crippen molar-refractivity contribution in [1.29, 1.82) is 0 Å². The van der Waals surface area contributed by atoms with E-state index in [1.807, 2.05) is 6.92 Å². The van der Waals surface area contributed by atoms with Gasteiger partial charge in [-0.15, -0.1) is 0 Å². The van der Waals surface area contributed by atoms with Crippen LogP contribution < -0.4 is 5.73 Å². The molecule has 16 heavy (non-hydrogen) atoms. The fourth-order valence-electron chi connectivity index (χ4n) is 1.11. The van der Waals surface area contributed by atoms with Gasteiger partial charge >= 0.3 is 5.97 Å². The molecule has 0 atom stereocenters. The fraction of sp³-hybridized carbons (Fsp3) is 0.364. The first-order valence-corrected chi connectivity index (χ1v) is 4.95. The maximum Gasteiger partial charge on any atom is 0.341 e. The van der Waals surface area contributed by atoms with Crippen LogP contribution in [0.4, 0.5) is 10.1 Å². The predicted molar refractivity (Wildman–Crippen MR) is 57.6 cm³/mol. The molecule has 1 aromatic carbocycles. The zero-order valence-corrected chi connectivity index (χ0v) is 9.03. The lowest BCUT2D eigenvalue weighted by Gasteiger charge is -2.06. The second-order valence-electron chi connectivity index (χ2n) is 3.07. The molecule has 1 aromatic rings. The van der Waals surface area contributed by atoms with Crippen LogP contribution in [-0.2, 0) is 9.47 Å². The van der Waals surface area contributed by atoms with E-state index in [4.69, 9.17) is 15.2 Å². The van der Waals surface area contributed by atoms with Crippen molar-refractivity contribution in [3.05, 3.63) is 29.6 Å². The molecule has 1 rings (SSSR count). The highest BCUT2D eigenvalue weighted by Crippen LogP contribution is 2.13. The number of hydrogen-bond acceptors (Lipinski definition) is 4. The number of halogens is 1. The fourth-order valence-corrected chi connectivity index (χ4v) is 1.11. The minimum Gasteiger partial charge on any atom is -0.460 e. The molecule has 0 aliphatic rings. The third-order valence-corrected chi connectivity index (χ3v) is 1.88. The first-order chi connectivity index (χ1) is 7.65. The molecule has 88 valence electrons. The molecule has 0 aliphatic carbocycles. The first kappa shape index (κ1) is 12.4. The van der Waals surface area contributed by atoms with E-state index < -0.39 is 11.8 Å². The number of hydrogen-bond donors (Lipinski definition) is 1. The van der Waals surface area contributed by atoms with Crippen molar-refractivity contribution in [3.8, 4) is 0 Å². The number of rotatable bonds is 5. The summed E-state index contributed by atoms with van der Waals surface area (Å²) in [6.45, 7) is 2.77. The SMILES string of the molecule is CCOCCOC(=O)c1cc(N)ccc1F. The van der Waals surface area contributed by atoms with E-state index in [-0.39, 0.29) is 12.2 Å². The largest absolute Gasteiger partial charge is 0.460 e. The Morgan fingerprint density at radius 3 is 2.88 bits per heavy atom. The quantitative estimate of drug-likeness (QED) is 0.471. The average molecular weight is 227 g/mol. The lowest BCUT2D eigenvalue weighted by atomic mass is 10.2. The van der Waals surface area contributed by atoms with Gasteiger partial charge in [0, 0.05) is 12.3 Å². The maximum atomic E-state index is 13.2. The van der Waals surface area contributed by atoms with Crippen LogP contribution in [0, 0.1) is 5.82 Å². The highest BCUT2D eigenvalue weighted by molar-refractivity contribution is 5.90. The third kappa shape index (κ3) is 3.51. The van der Waals surface area contributed by atoms with Gasteiger partial charge in [0.15, 0.2) is 0 Å². The van der Waals surface area contributed by atoms with E-state index >= 15 is 0 Å². The van der Waals surface area contributed by atoms with Crippen LogP contribution in [0.5, 0.6) is 0 Å². The van der Waals surface area contributed by atoms with E-state index in [1.165, 1.54) is 12.1 Å². The van der Waals surface area contributed by atoms with Crippen molar-refractivity contribution in [1.82, 2.24) is 0 Å². The lowest BCUT2D eigenvalue weighted by Crippen LogP contribution is -2.12. The zero-order valence-electron chi connectivity index (χ0n) is 9.03. The van der Waals surface area contributed by atoms with Gasteiger partial charge < -0.3 is 15.2 Å². The summed E-state index contributed by atoms with van der Waals surface area (Å²) in [5.74, 6) is -1.37. The topological polar surface area (TPSA) is 61.5 Å². The van der Waals surface area contributed by atoms with Crippen LogP contribution >= 0.6 is 0 Å². The summed E-state index contributed by atoms with van der Waals surface area (Å²) in [6, 6.07) is 3.76. The van der Waals surface area contributed by atoms with Crippen LogP contribution in [0.25, 0.3) is 0 Å². The second-order valence-corrected chi connectivity index (χ2v) is 3.07. The summed E-state index contributed by atoms with van der Waals surface area (Å²) in [7, 11) is 0. The number of benzene rings is 1. The Kier molecular flexibility index (Phi) is 4.72. The highest BCUT2D eigenvalue weighted by Gasteiger charge is 2.13. The van der Waals surface area contributed by atoms with Gasteiger partial charge in [0.1, 0.15) is 12.4 Å². The van der Waals surface area contributed by atoms with Crippen molar-refractivity contribution in [2.75, 3.05) is 25.6 Å². The summed E-state index contributed by atoms with van der Waals surface area (Å²) in [4.78, 5) is 11.4. The molecule has 0 heterocycles.